The van der Waals surface area contributed by atoms with E-state index in [-0.39, 0.29) is 23.5 Å². The van der Waals surface area contributed by atoms with E-state index in [9.17, 15) is 0 Å². The van der Waals surface area contributed by atoms with Gasteiger partial charge >= 0.3 is 8.80 Å². The first-order valence-corrected chi connectivity index (χ1v) is 10.4. The van der Waals surface area contributed by atoms with Gasteiger partial charge in [0.1, 0.15) is 0 Å². The van der Waals surface area contributed by atoms with Crippen LogP contribution in [-0.4, -0.2) is 49.2 Å². The number of rotatable bonds is 13. The van der Waals surface area contributed by atoms with Crippen LogP contribution in [0.2, 0.25) is 0 Å². The summed E-state index contributed by atoms with van der Waals surface area (Å²) in [5, 5.41) is 9.83. The summed E-state index contributed by atoms with van der Waals surface area (Å²) in [6.45, 7) is 8.86. The molecule has 1 aromatic heterocycles. The van der Waals surface area contributed by atoms with Gasteiger partial charge in [-0.25, -0.2) is 4.98 Å². The van der Waals surface area contributed by atoms with Crippen LogP contribution >= 0.6 is 0 Å². The van der Waals surface area contributed by atoms with E-state index in [4.69, 9.17) is 24.3 Å². The largest absolute Gasteiger partial charge is 0.524 e. The van der Waals surface area contributed by atoms with Crippen molar-refractivity contribution < 1.29 is 13.3 Å². The summed E-state index contributed by atoms with van der Waals surface area (Å²) in [5.41, 5.74) is 16.9. The topological polar surface area (TPSA) is 176 Å². The van der Waals surface area contributed by atoms with Crippen LogP contribution in [0.4, 0.5) is 17.8 Å². The molecule has 0 aromatic carbocycles. The van der Waals surface area contributed by atoms with Crippen molar-refractivity contribution in [3.05, 3.63) is 20.9 Å². The Labute approximate surface area is 158 Å². The van der Waals surface area contributed by atoms with Crippen LogP contribution in [0.3, 0.4) is 0 Å². The van der Waals surface area contributed by atoms with Crippen molar-refractivity contribution >= 4 is 26.6 Å². The van der Waals surface area contributed by atoms with Crippen molar-refractivity contribution in [3.8, 4) is 0 Å². The monoisotopic (exact) mass is 396 g/mol. The highest BCUT2D eigenvalue weighted by Gasteiger charge is 2.49. The van der Waals surface area contributed by atoms with E-state index in [0.717, 1.165) is 6.42 Å². The van der Waals surface area contributed by atoms with Gasteiger partial charge in [-0.05, 0) is 48.5 Å². The number of hydrogen-bond donors (Lipinski definition) is 1. The summed E-state index contributed by atoms with van der Waals surface area (Å²) in [4.78, 5) is 17.1. The van der Waals surface area contributed by atoms with Crippen molar-refractivity contribution in [1.82, 2.24) is 15.0 Å². The predicted octanol–water partition coefficient (Wildman–Crippen LogP) is 3.92. The molecule has 1 unspecified atom stereocenters. The standard InChI is InChI=1S/C13H24N10O3Si/c1-5-9-10(27(24-6-2,25-7-3)26-8-4)16-11-17-12(20-22-14)19-13(18-11)21-23-15/h10H,5-9H2,1-4H3,(H,16,17,18,19). The molecule has 13 nitrogen and oxygen atoms in total. The predicted molar refractivity (Wildman–Crippen MR) is 100 cm³/mol. The molecule has 27 heavy (non-hydrogen) atoms. The van der Waals surface area contributed by atoms with Crippen LogP contribution in [-0.2, 0) is 13.3 Å². The second-order valence-corrected chi connectivity index (χ2v) is 7.80. The first kappa shape index (κ1) is 22.6. The lowest BCUT2D eigenvalue weighted by molar-refractivity contribution is 0.0633. The van der Waals surface area contributed by atoms with Crippen molar-refractivity contribution in [2.45, 2.75) is 46.2 Å². The lowest BCUT2D eigenvalue weighted by Gasteiger charge is -2.35. The van der Waals surface area contributed by atoms with Gasteiger partial charge in [-0.2, -0.15) is 9.97 Å². The normalized spacial score (nSPS) is 12.0. The van der Waals surface area contributed by atoms with Crippen molar-refractivity contribution in [3.63, 3.8) is 0 Å². The Kier molecular flexibility index (Phi) is 10.0. The van der Waals surface area contributed by atoms with Gasteiger partial charge in [0.05, 0.1) is 5.67 Å². The Morgan fingerprint density at radius 1 is 0.926 bits per heavy atom. The maximum absolute atomic E-state index is 8.62. The second-order valence-electron chi connectivity index (χ2n) is 5.03. The number of azide groups is 2. The molecule has 0 fully saturated rings. The van der Waals surface area contributed by atoms with Crippen molar-refractivity contribution in [1.29, 1.82) is 0 Å². The lowest BCUT2D eigenvalue weighted by atomic mass is 10.3. The second kappa shape index (κ2) is 12.0. The van der Waals surface area contributed by atoms with Crippen LogP contribution in [0.15, 0.2) is 10.2 Å². The highest BCUT2D eigenvalue weighted by atomic mass is 28.4. The zero-order valence-corrected chi connectivity index (χ0v) is 16.9. The molecule has 1 aromatic rings. The van der Waals surface area contributed by atoms with E-state index in [0.29, 0.717) is 26.2 Å². The van der Waals surface area contributed by atoms with Gasteiger partial charge < -0.3 is 18.6 Å². The summed E-state index contributed by atoms with van der Waals surface area (Å²) < 4.78 is 17.8. The summed E-state index contributed by atoms with van der Waals surface area (Å²) in [6, 6.07) is 0. The number of hydrogen-bond acceptors (Lipinski definition) is 9. The smallest absolute Gasteiger partial charge is 0.373 e. The van der Waals surface area contributed by atoms with Crippen molar-refractivity contribution in [2.24, 2.45) is 10.2 Å². The molecule has 1 rings (SSSR count). The molecule has 14 heteroatoms. The molecule has 0 radical (unpaired) electrons. The number of anilines is 1. The number of nitrogens with one attached hydrogen (secondary N) is 1. The maximum atomic E-state index is 8.62. The molecule has 1 atom stereocenters. The summed E-state index contributed by atoms with van der Waals surface area (Å²) in [6.07, 6.45) is 1.47. The Bertz CT molecular complexity index is 640. The Morgan fingerprint density at radius 2 is 1.41 bits per heavy atom. The molecule has 148 valence electrons. The zero-order chi connectivity index (χ0) is 20.1. The Balaban J connectivity index is 3.33. The lowest BCUT2D eigenvalue weighted by Crippen LogP contribution is -2.59. The SMILES string of the molecule is CCCC(Nc1nc(N=[N+]=[N-])nc(N=[N+]=[N-])n1)[Si](OCC)(OCC)OCC. The fourth-order valence-electron chi connectivity index (χ4n) is 2.40. The highest BCUT2D eigenvalue weighted by Crippen LogP contribution is 2.23. The van der Waals surface area contributed by atoms with Gasteiger partial charge in [0.15, 0.2) is 0 Å². The molecule has 0 saturated heterocycles. The number of aromatic nitrogens is 3. The average Bonchev–Trinajstić information content (AvgIpc) is 2.62. The van der Waals surface area contributed by atoms with E-state index in [1.165, 1.54) is 0 Å². The van der Waals surface area contributed by atoms with Gasteiger partial charge in [0.25, 0.3) is 0 Å². The first-order valence-electron chi connectivity index (χ1n) is 8.63. The van der Waals surface area contributed by atoms with E-state index in [1.807, 2.05) is 27.7 Å². The van der Waals surface area contributed by atoms with E-state index in [2.05, 4.69) is 40.3 Å². The molecule has 0 aliphatic heterocycles. The third-order valence-electron chi connectivity index (χ3n) is 3.22. The fourth-order valence-corrected chi connectivity index (χ4v) is 5.41. The molecule has 1 heterocycles. The average molecular weight is 396 g/mol. The minimum atomic E-state index is -3.12. The van der Waals surface area contributed by atoms with Crippen LogP contribution in [0.5, 0.6) is 0 Å². The van der Waals surface area contributed by atoms with Gasteiger partial charge in [-0.3, -0.25) is 0 Å². The minimum Gasteiger partial charge on any atom is -0.373 e. The van der Waals surface area contributed by atoms with Crippen molar-refractivity contribution in [2.75, 3.05) is 25.1 Å². The fraction of sp³-hybridized carbons (Fsp3) is 0.769. The van der Waals surface area contributed by atoms with E-state index < -0.39 is 8.80 Å². The van der Waals surface area contributed by atoms with Gasteiger partial charge in [-0.1, -0.05) is 13.3 Å². The summed E-state index contributed by atoms with van der Waals surface area (Å²) in [5.74, 6) is -0.363. The Hall–Kier alpha value is -2.47. The molecule has 1 N–H and O–H groups in total. The third-order valence-corrected chi connectivity index (χ3v) is 6.58. The summed E-state index contributed by atoms with van der Waals surface area (Å²) >= 11 is 0. The Morgan fingerprint density at radius 3 is 1.78 bits per heavy atom. The molecular weight excluding hydrogens is 372 g/mol. The van der Waals surface area contributed by atoms with E-state index in [1.54, 1.807) is 0 Å². The molecule has 0 bridgehead atoms. The zero-order valence-electron chi connectivity index (χ0n) is 15.9. The molecule has 0 aliphatic rings. The van der Waals surface area contributed by atoms with Crippen LogP contribution in [0.25, 0.3) is 20.9 Å². The molecule has 0 aliphatic carbocycles. The van der Waals surface area contributed by atoms with Crippen LogP contribution < -0.4 is 5.32 Å². The van der Waals surface area contributed by atoms with Crippen LogP contribution in [0, 0.1) is 0 Å². The van der Waals surface area contributed by atoms with Gasteiger partial charge in [0.2, 0.25) is 17.8 Å². The quantitative estimate of drug-likeness (QED) is 0.227. The minimum absolute atomic E-state index is 0.0734. The van der Waals surface area contributed by atoms with Crippen LogP contribution in [0.1, 0.15) is 40.5 Å². The third kappa shape index (κ3) is 6.64. The van der Waals surface area contributed by atoms with Gasteiger partial charge in [0, 0.05) is 29.6 Å². The molecule has 0 saturated carbocycles. The summed E-state index contributed by atoms with van der Waals surface area (Å²) in [7, 11) is -3.12. The maximum Gasteiger partial charge on any atom is 0.524 e. The molecule has 0 spiro atoms. The molecular formula is C13H24N10O3Si. The van der Waals surface area contributed by atoms with Gasteiger partial charge in [-0.15, -0.1) is 0 Å². The highest BCUT2D eigenvalue weighted by molar-refractivity contribution is 6.63. The van der Waals surface area contributed by atoms with E-state index >= 15 is 0 Å². The first-order chi connectivity index (χ1) is 13.1. The number of nitrogens with zero attached hydrogens (tertiary/aromatic N) is 9. The molecule has 0 amide bonds.